The lowest BCUT2D eigenvalue weighted by Gasteiger charge is -2.07. The van der Waals surface area contributed by atoms with E-state index in [9.17, 15) is 9.59 Å². The molecule has 0 radical (unpaired) electrons. The molecule has 0 unspecified atom stereocenters. The van der Waals surface area contributed by atoms with Crippen LogP contribution in [0, 0.1) is 0 Å². The van der Waals surface area contributed by atoms with Gasteiger partial charge in [-0.1, -0.05) is 23.7 Å². The lowest BCUT2D eigenvalue weighted by atomic mass is 10.1. The second-order valence-electron chi connectivity index (χ2n) is 6.54. The number of H-pyrrole nitrogens is 1. The standard InChI is InChI=1S/C22H17ClN4O2/c1-13(28)24-17-7-9-18(10-8-17)25-22(29)15-4-2-14(3-5-15)21-26-19-11-6-16(23)12-20(19)27-21/h2-12H,1H3,(H,24,28)(H,25,29)(H,26,27). The predicted molar refractivity (Wildman–Crippen MR) is 115 cm³/mol. The summed E-state index contributed by atoms with van der Waals surface area (Å²) in [7, 11) is 0. The number of anilines is 2. The summed E-state index contributed by atoms with van der Waals surface area (Å²) in [6, 6.07) is 19.6. The molecule has 6 nitrogen and oxygen atoms in total. The van der Waals surface area contributed by atoms with Crippen molar-refractivity contribution in [1.29, 1.82) is 0 Å². The Balaban J connectivity index is 1.48. The van der Waals surface area contributed by atoms with Crippen LogP contribution in [0.3, 0.4) is 0 Å². The molecule has 1 aromatic heterocycles. The Labute approximate surface area is 171 Å². The van der Waals surface area contributed by atoms with Crippen molar-refractivity contribution in [1.82, 2.24) is 9.97 Å². The summed E-state index contributed by atoms with van der Waals surface area (Å²) in [4.78, 5) is 31.3. The summed E-state index contributed by atoms with van der Waals surface area (Å²) in [5.74, 6) is 0.345. The highest BCUT2D eigenvalue weighted by Gasteiger charge is 2.09. The average molecular weight is 405 g/mol. The third-order valence-corrected chi connectivity index (χ3v) is 4.56. The van der Waals surface area contributed by atoms with E-state index in [1.165, 1.54) is 6.92 Å². The number of nitrogens with one attached hydrogen (secondary N) is 3. The zero-order valence-corrected chi connectivity index (χ0v) is 16.2. The van der Waals surface area contributed by atoms with Crippen molar-refractivity contribution < 1.29 is 9.59 Å². The van der Waals surface area contributed by atoms with Crippen molar-refractivity contribution in [2.45, 2.75) is 6.92 Å². The molecule has 0 aliphatic heterocycles. The van der Waals surface area contributed by atoms with E-state index in [0.29, 0.717) is 27.8 Å². The Morgan fingerprint density at radius 2 is 1.55 bits per heavy atom. The monoisotopic (exact) mass is 404 g/mol. The van der Waals surface area contributed by atoms with Gasteiger partial charge in [0, 0.05) is 34.4 Å². The Kier molecular flexibility index (Phi) is 5.01. The highest BCUT2D eigenvalue weighted by molar-refractivity contribution is 6.31. The maximum Gasteiger partial charge on any atom is 0.255 e. The smallest absolute Gasteiger partial charge is 0.255 e. The molecule has 144 valence electrons. The van der Waals surface area contributed by atoms with Crippen molar-refractivity contribution in [2.24, 2.45) is 0 Å². The van der Waals surface area contributed by atoms with Gasteiger partial charge < -0.3 is 15.6 Å². The van der Waals surface area contributed by atoms with E-state index in [4.69, 9.17) is 11.6 Å². The summed E-state index contributed by atoms with van der Waals surface area (Å²) in [5.41, 5.74) is 4.40. The van der Waals surface area contributed by atoms with Crippen molar-refractivity contribution in [2.75, 3.05) is 10.6 Å². The van der Waals surface area contributed by atoms with Crippen LogP contribution < -0.4 is 10.6 Å². The molecule has 0 atom stereocenters. The lowest BCUT2D eigenvalue weighted by molar-refractivity contribution is -0.114. The number of carbonyl (C=O) groups is 2. The van der Waals surface area contributed by atoms with Crippen LogP contribution in [0.1, 0.15) is 17.3 Å². The quantitative estimate of drug-likeness (QED) is 0.442. The van der Waals surface area contributed by atoms with Gasteiger partial charge in [-0.3, -0.25) is 9.59 Å². The number of rotatable bonds is 4. The molecule has 3 N–H and O–H groups in total. The fourth-order valence-corrected chi connectivity index (χ4v) is 3.11. The van der Waals surface area contributed by atoms with Gasteiger partial charge in [0.05, 0.1) is 11.0 Å². The molecular formula is C22H17ClN4O2. The molecule has 2 amide bonds. The number of nitrogens with zero attached hydrogens (tertiary/aromatic N) is 1. The Morgan fingerprint density at radius 3 is 2.21 bits per heavy atom. The Hall–Kier alpha value is -3.64. The first kappa shape index (κ1) is 18.7. The number of halogens is 1. The average Bonchev–Trinajstić information content (AvgIpc) is 3.12. The molecule has 0 saturated carbocycles. The second kappa shape index (κ2) is 7.77. The topological polar surface area (TPSA) is 86.9 Å². The van der Waals surface area contributed by atoms with E-state index >= 15 is 0 Å². The van der Waals surface area contributed by atoms with E-state index in [0.717, 1.165) is 16.6 Å². The molecule has 0 fully saturated rings. The molecule has 0 spiro atoms. The summed E-state index contributed by atoms with van der Waals surface area (Å²) >= 11 is 6.02. The second-order valence-corrected chi connectivity index (χ2v) is 6.97. The molecule has 4 rings (SSSR count). The number of aromatic nitrogens is 2. The minimum Gasteiger partial charge on any atom is -0.338 e. The minimum absolute atomic E-state index is 0.144. The number of aromatic amines is 1. The van der Waals surface area contributed by atoms with Crippen LogP contribution in [-0.4, -0.2) is 21.8 Å². The van der Waals surface area contributed by atoms with Gasteiger partial charge in [0.2, 0.25) is 5.91 Å². The van der Waals surface area contributed by atoms with Gasteiger partial charge in [-0.2, -0.15) is 0 Å². The van der Waals surface area contributed by atoms with Gasteiger partial charge in [-0.05, 0) is 54.6 Å². The van der Waals surface area contributed by atoms with Crippen molar-refractivity contribution in [3.8, 4) is 11.4 Å². The summed E-state index contributed by atoms with van der Waals surface area (Å²) < 4.78 is 0. The molecule has 7 heteroatoms. The molecule has 0 aliphatic rings. The van der Waals surface area contributed by atoms with Crippen LogP contribution in [0.4, 0.5) is 11.4 Å². The number of fused-ring (bicyclic) bond motifs is 1. The fourth-order valence-electron chi connectivity index (χ4n) is 2.94. The number of amides is 2. The first-order chi connectivity index (χ1) is 14.0. The van der Waals surface area contributed by atoms with Gasteiger partial charge in [0.25, 0.3) is 5.91 Å². The number of imidazole rings is 1. The fraction of sp³-hybridized carbons (Fsp3) is 0.0455. The lowest BCUT2D eigenvalue weighted by Crippen LogP contribution is -2.12. The maximum atomic E-state index is 12.5. The van der Waals surface area contributed by atoms with Crippen molar-refractivity contribution >= 4 is 45.8 Å². The number of benzene rings is 3. The normalized spacial score (nSPS) is 10.7. The van der Waals surface area contributed by atoms with Crippen LogP contribution in [0.15, 0.2) is 66.7 Å². The molecule has 1 heterocycles. The highest BCUT2D eigenvalue weighted by Crippen LogP contribution is 2.23. The molecule has 4 aromatic rings. The van der Waals surface area contributed by atoms with Gasteiger partial charge in [-0.25, -0.2) is 4.98 Å². The number of hydrogen-bond acceptors (Lipinski definition) is 3. The summed E-state index contributed by atoms with van der Waals surface area (Å²) in [6.45, 7) is 1.44. The largest absolute Gasteiger partial charge is 0.338 e. The third-order valence-electron chi connectivity index (χ3n) is 4.33. The van der Waals surface area contributed by atoms with Crippen LogP contribution in [0.25, 0.3) is 22.4 Å². The van der Waals surface area contributed by atoms with Crippen LogP contribution in [-0.2, 0) is 4.79 Å². The summed E-state index contributed by atoms with van der Waals surface area (Å²) in [6.07, 6.45) is 0. The van der Waals surface area contributed by atoms with Crippen molar-refractivity contribution in [3.05, 3.63) is 77.3 Å². The minimum atomic E-state index is -0.222. The molecule has 0 saturated heterocycles. The Morgan fingerprint density at radius 1 is 0.897 bits per heavy atom. The Bertz CT molecular complexity index is 1200. The van der Waals surface area contributed by atoms with Crippen LogP contribution in [0.5, 0.6) is 0 Å². The van der Waals surface area contributed by atoms with E-state index in [1.54, 1.807) is 42.5 Å². The third kappa shape index (κ3) is 4.28. The number of carbonyl (C=O) groups excluding carboxylic acids is 2. The van der Waals surface area contributed by atoms with E-state index in [-0.39, 0.29) is 11.8 Å². The molecule has 0 bridgehead atoms. The molecule has 0 aliphatic carbocycles. The zero-order chi connectivity index (χ0) is 20.4. The summed E-state index contributed by atoms with van der Waals surface area (Å²) in [5, 5.41) is 6.16. The van der Waals surface area contributed by atoms with Gasteiger partial charge in [0.1, 0.15) is 5.82 Å². The van der Waals surface area contributed by atoms with Gasteiger partial charge in [-0.15, -0.1) is 0 Å². The molecule has 29 heavy (non-hydrogen) atoms. The van der Waals surface area contributed by atoms with Gasteiger partial charge >= 0.3 is 0 Å². The highest BCUT2D eigenvalue weighted by atomic mass is 35.5. The van der Waals surface area contributed by atoms with Gasteiger partial charge in [0.15, 0.2) is 0 Å². The van der Waals surface area contributed by atoms with Crippen molar-refractivity contribution in [3.63, 3.8) is 0 Å². The predicted octanol–water partition coefficient (Wildman–Crippen LogP) is 5.09. The first-order valence-electron chi connectivity index (χ1n) is 8.93. The van der Waals surface area contributed by atoms with Crippen LogP contribution >= 0.6 is 11.6 Å². The zero-order valence-electron chi connectivity index (χ0n) is 15.5. The first-order valence-corrected chi connectivity index (χ1v) is 9.30. The van der Waals surface area contributed by atoms with E-state index < -0.39 is 0 Å². The SMILES string of the molecule is CC(=O)Nc1ccc(NC(=O)c2ccc(-c3nc4ccc(Cl)cc4[nH]3)cc2)cc1. The molecular weight excluding hydrogens is 388 g/mol. The molecule has 3 aromatic carbocycles. The van der Waals surface area contributed by atoms with Crippen LogP contribution in [0.2, 0.25) is 5.02 Å². The van der Waals surface area contributed by atoms with E-state index in [2.05, 4.69) is 20.6 Å². The van der Waals surface area contributed by atoms with E-state index in [1.807, 2.05) is 24.3 Å². The maximum absolute atomic E-state index is 12.5. The number of hydrogen-bond donors (Lipinski definition) is 3.